The van der Waals surface area contributed by atoms with E-state index in [0.717, 1.165) is 29.0 Å². The third-order valence-electron chi connectivity index (χ3n) is 4.49. The number of ether oxygens (including phenoxy) is 1. The third-order valence-corrected chi connectivity index (χ3v) is 4.49. The Labute approximate surface area is 159 Å². The van der Waals surface area contributed by atoms with E-state index in [4.69, 9.17) is 4.74 Å². The summed E-state index contributed by atoms with van der Waals surface area (Å²) in [4.78, 5) is 24.4. The Kier molecular flexibility index (Phi) is 5.04. The highest BCUT2D eigenvalue weighted by atomic mass is 16.5. The second-order valence-corrected chi connectivity index (χ2v) is 7.36. The molecule has 5 nitrogen and oxygen atoms in total. The van der Waals surface area contributed by atoms with Gasteiger partial charge >= 0.3 is 0 Å². The van der Waals surface area contributed by atoms with Crippen LogP contribution >= 0.6 is 0 Å². The summed E-state index contributed by atoms with van der Waals surface area (Å²) < 4.78 is 5.35. The summed E-state index contributed by atoms with van der Waals surface area (Å²) in [6.45, 7) is 5.63. The summed E-state index contributed by atoms with van der Waals surface area (Å²) in [5.74, 6) is 0.357. The first-order valence-electron chi connectivity index (χ1n) is 8.87. The Balaban J connectivity index is 2.04. The van der Waals surface area contributed by atoms with E-state index < -0.39 is 0 Å². The number of ketones is 1. The van der Waals surface area contributed by atoms with Crippen LogP contribution in [0.4, 0.5) is 5.69 Å². The fourth-order valence-corrected chi connectivity index (χ4v) is 3.36. The lowest BCUT2D eigenvalue weighted by atomic mass is 9.85. The topological polar surface area (TPSA) is 67.4 Å². The minimum atomic E-state index is -0.213. The fourth-order valence-electron chi connectivity index (χ4n) is 3.36. The normalized spacial score (nSPS) is 16.2. The van der Waals surface area contributed by atoms with Crippen molar-refractivity contribution in [3.05, 3.63) is 65.2 Å². The zero-order valence-corrected chi connectivity index (χ0v) is 16.1. The zero-order chi connectivity index (χ0) is 19.6. The number of anilines is 1. The van der Waals surface area contributed by atoms with Crippen LogP contribution in [0.1, 0.15) is 42.3 Å². The standard InChI is InChI=1S/C22H24N2O3/c1-14(25)23-19-8-6-5-7-17(19)21(26)12-20-18-11-16(27-4)10-9-15(18)13-22(2,3)24-20/h5-12,24H,13H2,1-4H3,(H,23,25). The second-order valence-electron chi connectivity index (χ2n) is 7.36. The van der Waals surface area contributed by atoms with Crippen molar-refractivity contribution in [1.82, 2.24) is 5.32 Å². The van der Waals surface area contributed by atoms with Gasteiger partial charge in [-0.3, -0.25) is 9.59 Å². The van der Waals surface area contributed by atoms with E-state index >= 15 is 0 Å². The molecule has 0 spiro atoms. The van der Waals surface area contributed by atoms with Gasteiger partial charge in [0.1, 0.15) is 5.75 Å². The van der Waals surface area contributed by atoms with Gasteiger partial charge in [0.15, 0.2) is 5.78 Å². The van der Waals surface area contributed by atoms with Gasteiger partial charge in [-0.15, -0.1) is 0 Å². The van der Waals surface area contributed by atoms with Crippen LogP contribution in [0.3, 0.4) is 0 Å². The van der Waals surface area contributed by atoms with Crippen molar-refractivity contribution < 1.29 is 14.3 Å². The number of para-hydroxylation sites is 1. The van der Waals surface area contributed by atoms with Crippen LogP contribution in [-0.4, -0.2) is 24.3 Å². The minimum absolute atomic E-state index is 0.173. The number of carbonyl (C=O) groups excluding carboxylic acids is 2. The quantitative estimate of drug-likeness (QED) is 0.640. The smallest absolute Gasteiger partial charge is 0.221 e. The molecule has 0 unspecified atom stereocenters. The minimum Gasteiger partial charge on any atom is -0.497 e. The van der Waals surface area contributed by atoms with Crippen LogP contribution in [0.2, 0.25) is 0 Å². The first kappa shape index (κ1) is 18.7. The number of allylic oxidation sites excluding steroid dienone is 1. The SMILES string of the molecule is COc1ccc2c(c1)C(=CC(=O)c1ccccc1NC(C)=O)NC(C)(C)C2. The molecule has 0 bridgehead atoms. The lowest BCUT2D eigenvalue weighted by Crippen LogP contribution is -2.43. The molecule has 140 valence electrons. The van der Waals surface area contributed by atoms with Gasteiger partial charge in [-0.05, 0) is 50.1 Å². The first-order valence-corrected chi connectivity index (χ1v) is 8.87. The fraction of sp³-hybridized carbons (Fsp3) is 0.273. The van der Waals surface area contributed by atoms with Crippen LogP contribution in [0, 0.1) is 0 Å². The van der Waals surface area contributed by atoms with E-state index in [1.54, 1.807) is 37.5 Å². The van der Waals surface area contributed by atoms with Gasteiger partial charge in [0.2, 0.25) is 5.91 Å². The molecule has 1 amide bonds. The molecule has 2 aromatic carbocycles. The molecule has 5 heteroatoms. The maximum Gasteiger partial charge on any atom is 0.221 e. The molecule has 0 saturated heterocycles. The van der Waals surface area contributed by atoms with Gasteiger partial charge in [-0.2, -0.15) is 0 Å². The van der Waals surface area contributed by atoms with Crippen LogP contribution < -0.4 is 15.4 Å². The Morgan fingerprint density at radius 2 is 1.93 bits per heavy atom. The average Bonchev–Trinajstić information content (AvgIpc) is 2.60. The average molecular weight is 364 g/mol. The number of carbonyl (C=O) groups is 2. The summed E-state index contributed by atoms with van der Waals surface area (Å²) in [7, 11) is 1.63. The molecule has 2 N–H and O–H groups in total. The van der Waals surface area contributed by atoms with Crippen molar-refractivity contribution in [2.45, 2.75) is 32.7 Å². The van der Waals surface area contributed by atoms with Crippen LogP contribution in [0.25, 0.3) is 5.70 Å². The number of benzene rings is 2. The monoisotopic (exact) mass is 364 g/mol. The van der Waals surface area contributed by atoms with E-state index in [9.17, 15) is 9.59 Å². The molecule has 3 rings (SSSR count). The molecule has 0 radical (unpaired) electrons. The highest BCUT2D eigenvalue weighted by Crippen LogP contribution is 2.32. The van der Waals surface area contributed by atoms with E-state index in [2.05, 4.69) is 24.5 Å². The van der Waals surface area contributed by atoms with Crippen molar-refractivity contribution >= 4 is 23.1 Å². The van der Waals surface area contributed by atoms with Gasteiger partial charge in [-0.25, -0.2) is 0 Å². The van der Waals surface area contributed by atoms with Crippen molar-refractivity contribution in [1.29, 1.82) is 0 Å². The predicted molar refractivity (Wildman–Crippen MR) is 107 cm³/mol. The van der Waals surface area contributed by atoms with Crippen molar-refractivity contribution in [2.75, 3.05) is 12.4 Å². The molecule has 0 atom stereocenters. The molecule has 0 saturated carbocycles. The van der Waals surface area contributed by atoms with E-state index in [-0.39, 0.29) is 17.2 Å². The van der Waals surface area contributed by atoms with E-state index in [1.165, 1.54) is 6.92 Å². The predicted octanol–water partition coefficient (Wildman–Crippen LogP) is 3.80. The van der Waals surface area contributed by atoms with Gasteiger partial charge in [-0.1, -0.05) is 18.2 Å². The van der Waals surface area contributed by atoms with Gasteiger partial charge in [0.25, 0.3) is 0 Å². The van der Waals surface area contributed by atoms with E-state index in [1.807, 2.05) is 18.2 Å². The van der Waals surface area contributed by atoms with Crippen molar-refractivity contribution in [3.8, 4) is 5.75 Å². The molecular formula is C22H24N2O3. The molecule has 0 fully saturated rings. The number of rotatable bonds is 4. The maximum absolute atomic E-state index is 13.0. The van der Waals surface area contributed by atoms with Crippen molar-refractivity contribution in [2.24, 2.45) is 0 Å². The highest BCUT2D eigenvalue weighted by Gasteiger charge is 2.28. The molecule has 1 aliphatic rings. The summed E-state index contributed by atoms with van der Waals surface area (Å²) in [5, 5.41) is 6.17. The summed E-state index contributed by atoms with van der Waals surface area (Å²) >= 11 is 0. The largest absolute Gasteiger partial charge is 0.497 e. The highest BCUT2D eigenvalue weighted by molar-refractivity contribution is 6.13. The Morgan fingerprint density at radius 1 is 1.19 bits per heavy atom. The van der Waals surface area contributed by atoms with Crippen molar-refractivity contribution in [3.63, 3.8) is 0 Å². The number of hydrogen-bond donors (Lipinski definition) is 2. The summed E-state index contributed by atoms with van der Waals surface area (Å²) in [6.07, 6.45) is 2.44. The molecule has 2 aromatic rings. The molecule has 0 aliphatic carbocycles. The number of methoxy groups -OCH3 is 1. The number of amides is 1. The van der Waals surface area contributed by atoms with Gasteiger partial charge in [0, 0.05) is 35.4 Å². The lowest BCUT2D eigenvalue weighted by Gasteiger charge is -2.35. The summed E-state index contributed by atoms with van der Waals surface area (Å²) in [6, 6.07) is 12.9. The number of nitrogens with one attached hydrogen (secondary N) is 2. The third kappa shape index (κ3) is 4.19. The molecule has 27 heavy (non-hydrogen) atoms. The second kappa shape index (κ2) is 7.27. The van der Waals surface area contributed by atoms with E-state index in [0.29, 0.717) is 11.3 Å². The number of fused-ring (bicyclic) bond motifs is 1. The van der Waals surface area contributed by atoms with Crippen LogP contribution in [0.15, 0.2) is 48.5 Å². The first-order chi connectivity index (χ1) is 12.8. The Morgan fingerprint density at radius 3 is 2.63 bits per heavy atom. The molecule has 1 aliphatic heterocycles. The Hall–Kier alpha value is -3.08. The maximum atomic E-state index is 13.0. The molecule has 1 heterocycles. The zero-order valence-electron chi connectivity index (χ0n) is 16.1. The Bertz CT molecular complexity index is 929. The molecule has 0 aromatic heterocycles. The van der Waals surface area contributed by atoms with Crippen LogP contribution in [-0.2, 0) is 11.2 Å². The summed E-state index contributed by atoms with van der Waals surface area (Å²) in [5.41, 5.74) is 3.66. The van der Waals surface area contributed by atoms with Gasteiger partial charge in [0.05, 0.1) is 12.8 Å². The number of hydrogen-bond acceptors (Lipinski definition) is 4. The lowest BCUT2D eigenvalue weighted by molar-refractivity contribution is -0.114. The molecular weight excluding hydrogens is 340 g/mol. The van der Waals surface area contributed by atoms with Gasteiger partial charge < -0.3 is 15.4 Å². The van der Waals surface area contributed by atoms with Crippen LogP contribution in [0.5, 0.6) is 5.75 Å².